The average molecular weight is 676 g/mol. The quantitative estimate of drug-likeness (QED) is 0.124. The van der Waals surface area contributed by atoms with E-state index in [1.54, 1.807) is 22.7 Å². The number of fused-ring (bicyclic) bond motifs is 2. The second kappa shape index (κ2) is 12.5. The molecule has 0 radical (unpaired) electrons. The van der Waals surface area contributed by atoms with Crippen molar-refractivity contribution in [3.8, 4) is 0 Å². The van der Waals surface area contributed by atoms with E-state index in [4.69, 9.17) is 0 Å². The van der Waals surface area contributed by atoms with Crippen LogP contribution in [0.25, 0.3) is 15.7 Å². The Morgan fingerprint density at radius 1 is 1.08 bits per heavy atom. The number of nitrogens with zero attached hydrogens (tertiary/aromatic N) is 3. The first kappa shape index (κ1) is 30.3. The molecule has 0 aliphatic carbocycles. The number of thiazole rings is 2. The van der Waals surface area contributed by atoms with Gasteiger partial charge in [0, 0.05) is 0 Å². The zero-order chi connectivity index (χ0) is 28.4. The Labute approximate surface area is 243 Å². The van der Waals surface area contributed by atoms with Gasteiger partial charge in [-0.2, -0.15) is 0 Å². The van der Waals surface area contributed by atoms with Gasteiger partial charge >= 0.3 is 245 Å². The monoisotopic (exact) mass is 676 g/mol. The molecule has 1 aromatic carbocycles. The van der Waals surface area contributed by atoms with Gasteiger partial charge in [-0.05, 0) is 0 Å². The molecule has 9 nitrogen and oxygen atoms in total. The van der Waals surface area contributed by atoms with Crippen molar-refractivity contribution in [1.29, 1.82) is 0 Å². The molecular formula is C25H30N3O6S4Se-. The molecule has 1 aliphatic heterocycles. The first-order chi connectivity index (χ1) is 18.3. The number of hydrogen-bond donors (Lipinski definition) is 0. The summed E-state index contributed by atoms with van der Waals surface area (Å²) in [4.78, 5) is 8.72. The molecule has 0 bridgehead atoms. The predicted octanol–water partition coefficient (Wildman–Crippen LogP) is 3.01. The third-order valence-corrected chi connectivity index (χ3v) is 12.2. The summed E-state index contributed by atoms with van der Waals surface area (Å²) in [6.45, 7) is 7.09. The van der Waals surface area contributed by atoms with Crippen LogP contribution in [0.1, 0.15) is 48.2 Å². The zero-order valence-corrected chi connectivity index (χ0v) is 26.9. The molecule has 3 aromatic rings. The maximum absolute atomic E-state index is 11.2. The van der Waals surface area contributed by atoms with Gasteiger partial charge < -0.3 is 0 Å². The van der Waals surface area contributed by atoms with Crippen LogP contribution in [0, 0.1) is 13.8 Å². The summed E-state index contributed by atoms with van der Waals surface area (Å²) < 4.78 is 71.2. The van der Waals surface area contributed by atoms with E-state index in [2.05, 4.69) is 51.7 Å². The number of allylic oxidation sites excluding steroid dienone is 2. The Morgan fingerprint density at radius 2 is 1.79 bits per heavy atom. The number of anilines is 1. The number of hydrogen-bond acceptors (Lipinski definition) is 10. The van der Waals surface area contributed by atoms with E-state index in [-0.39, 0.29) is 27.1 Å². The van der Waals surface area contributed by atoms with Gasteiger partial charge in [-0.3, -0.25) is 0 Å². The minimum atomic E-state index is -4.29. The van der Waals surface area contributed by atoms with Gasteiger partial charge in [0.2, 0.25) is 0 Å². The van der Waals surface area contributed by atoms with E-state index in [9.17, 15) is 25.9 Å². The molecule has 1 aliphatic rings. The van der Waals surface area contributed by atoms with Crippen molar-refractivity contribution in [2.24, 2.45) is 0 Å². The summed E-state index contributed by atoms with van der Waals surface area (Å²) in [6.07, 6.45) is 6.20. The van der Waals surface area contributed by atoms with Crippen molar-refractivity contribution in [2.75, 3.05) is 23.0 Å². The summed E-state index contributed by atoms with van der Waals surface area (Å²) in [7, 11) is -8.52. The van der Waals surface area contributed by atoms with E-state index in [1.807, 2.05) is 13.8 Å². The third-order valence-electron chi connectivity index (χ3n) is 6.11. The number of unbranched alkanes of at least 4 members (excludes halogenated alkanes) is 1. The summed E-state index contributed by atoms with van der Waals surface area (Å²) >= 11 is 3.16. The van der Waals surface area contributed by atoms with Gasteiger partial charge in [-0.15, -0.1) is 0 Å². The topological polar surface area (TPSA) is 134 Å². The normalized spacial score (nSPS) is 15.6. The van der Waals surface area contributed by atoms with Gasteiger partial charge in [0.15, 0.2) is 0 Å². The minimum absolute atomic E-state index is 0.0643. The van der Waals surface area contributed by atoms with Gasteiger partial charge in [0.1, 0.15) is 0 Å². The fourth-order valence-corrected chi connectivity index (χ4v) is 10.0. The third kappa shape index (κ3) is 8.20. The number of benzene rings is 1. The molecule has 0 unspecified atom stereocenters. The van der Waals surface area contributed by atoms with Crippen LogP contribution < -0.4 is 13.9 Å². The summed E-state index contributed by atoms with van der Waals surface area (Å²) in [5, 5.41) is 1.88. The standard InChI is InChI=1S/C25H31N3O6S4Se/c1-4-19(15-22-28(11-7-13-38(32,33)34)25-24(36-22)26-18(3)35-25)16-23-27(10-5-6-12-37(29,30)31)20-14-17(2)8-9-21(20)39-23/h8-9,14-16H,4-7,10-13H2,1-3H3,(H-,29,30,31,32,33,34)/p-1. The van der Waals surface area contributed by atoms with Gasteiger partial charge in [-0.1, -0.05) is 0 Å². The molecule has 0 saturated heterocycles. The Balaban J connectivity index is 1.65. The molecule has 0 spiro atoms. The summed E-state index contributed by atoms with van der Waals surface area (Å²) in [6, 6.07) is 6.40. The van der Waals surface area contributed by atoms with Crippen molar-refractivity contribution in [3.63, 3.8) is 0 Å². The molecule has 0 N–H and O–H groups in total. The van der Waals surface area contributed by atoms with Crippen LogP contribution in [-0.4, -0.2) is 63.9 Å². The second-order valence-electron chi connectivity index (χ2n) is 9.30. The number of aromatic nitrogens is 2. The van der Waals surface area contributed by atoms with Gasteiger partial charge in [0.05, 0.1) is 0 Å². The van der Waals surface area contributed by atoms with Crippen LogP contribution in [0.4, 0.5) is 5.69 Å². The summed E-state index contributed by atoms with van der Waals surface area (Å²) in [5.41, 5.74) is 3.37. The van der Waals surface area contributed by atoms with Crippen LogP contribution >= 0.6 is 22.7 Å². The van der Waals surface area contributed by atoms with Gasteiger partial charge in [0.25, 0.3) is 0 Å². The molecule has 3 heterocycles. The van der Waals surface area contributed by atoms with Crippen molar-refractivity contribution in [1.82, 2.24) is 4.98 Å². The van der Waals surface area contributed by atoms with Gasteiger partial charge in [-0.25, -0.2) is 0 Å². The van der Waals surface area contributed by atoms with Crippen molar-refractivity contribution in [2.45, 2.75) is 53.0 Å². The van der Waals surface area contributed by atoms with E-state index < -0.39 is 26.0 Å². The summed E-state index contributed by atoms with van der Waals surface area (Å²) in [5.74, 6) is -0.770. The molecule has 0 fully saturated rings. The van der Waals surface area contributed by atoms with Crippen LogP contribution in [-0.2, 0) is 26.8 Å². The van der Waals surface area contributed by atoms with E-state index in [0.717, 1.165) is 47.5 Å². The maximum atomic E-state index is 11.2. The number of aryl methyl sites for hydroxylation is 3. The molecule has 0 saturated carbocycles. The van der Waals surface area contributed by atoms with Crippen LogP contribution in [0.2, 0.25) is 0 Å². The molecule has 212 valence electrons. The van der Waals surface area contributed by atoms with Crippen molar-refractivity contribution < 1.29 is 30.5 Å². The zero-order valence-electron chi connectivity index (χ0n) is 21.9. The van der Waals surface area contributed by atoms with Crippen molar-refractivity contribution >= 4 is 83.8 Å². The molecule has 2 aromatic heterocycles. The SMILES string of the molecule is CCC(=Cc1sc2nc(C)sc2[n+]1CCCS(=O)(=O)[O-])C=C1[Se]c2ccc(C)cc2N1CCCCS(=O)(=O)[O-]. The Hall–Kier alpha value is -1.64. The number of rotatable bonds is 12. The van der Waals surface area contributed by atoms with Crippen molar-refractivity contribution in [3.05, 3.63) is 50.0 Å². The molecule has 0 amide bonds. The molecule has 0 atom stereocenters. The fourth-order valence-electron chi connectivity index (χ4n) is 4.27. The molecule has 39 heavy (non-hydrogen) atoms. The fraction of sp³-hybridized carbons (Fsp3) is 0.440. The Morgan fingerprint density at radius 3 is 2.49 bits per heavy atom. The first-order valence-electron chi connectivity index (χ1n) is 12.5. The average Bonchev–Trinajstić information content (AvgIpc) is 3.45. The van der Waals surface area contributed by atoms with Crippen LogP contribution in [0.15, 0.2) is 34.4 Å². The van der Waals surface area contributed by atoms with E-state index in [1.165, 1.54) is 4.46 Å². The molecule has 14 heteroatoms. The van der Waals surface area contributed by atoms with E-state index >= 15 is 0 Å². The predicted molar refractivity (Wildman–Crippen MR) is 156 cm³/mol. The first-order valence-corrected chi connectivity index (χ1v) is 19.0. The van der Waals surface area contributed by atoms with Crippen LogP contribution in [0.5, 0.6) is 0 Å². The van der Waals surface area contributed by atoms with E-state index in [0.29, 0.717) is 25.9 Å². The second-order valence-corrected chi connectivity index (χ2v) is 16.8. The Bertz CT molecular complexity index is 1640. The molecular weight excluding hydrogens is 646 g/mol. The molecule has 4 rings (SSSR count). The van der Waals surface area contributed by atoms with Crippen LogP contribution in [0.3, 0.4) is 0 Å². The Kier molecular flexibility index (Phi) is 9.70.